The largest absolute Gasteiger partial charge is 0.369 e. The molecule has 1 N–H and O–H groups in total. The predicted octanol–water partition coefficient (Wildman–Crippen LogP) is 4.26. The van der Waals surface area contributed by atoms with Gasteiger partial charge < -0.3 is 4.90 Å². The molecule has 25 heavy (non-hydrogen) atoms. The molecule has 130 valence electrons. The summed E-state index contributed by atoms with van der Waals surface area (Å²) >= 11 is 3.32. The number of benzene rings is 2. The maximum atomic E-state index is 14.4. The van der Waals surface area contributed by atoms with Gasteiger partial charge >= 0.3 is 0 Å². The lowest BCUT2D eigenvalue weighted by Crippen LogP contribution is -2.19. The summed E-state index contributed by atoms with van der Waals surface area (Å²) in [7, 11) is 0. The molecule has 1 aliphatic heterocycles. The first-order chi connectivity index (χ1) is 12.0. The average Bonchev–Trinajstić information content (AvgIpc) is 3.11. The molecular weight excluding hydrogens is 385 g/mol. The monoisotopic (exact) mass is 403 g/mol. The van der Waals surface area contributed by atoms with Crippen molar-refractivity contribution in [2.75, 3.05) is 18.0 Å². The van der Waals surface area contributed by atoms with Crippen LogP contribution in [0.2, 0.25) is 0 Å². The van der Waals surface area contributed by atoms with Crippen molar-refractivity contribution in [3.8, 4) is 0 Å². The number of anilines is 1. The third-order valence-electron chi connectivity index (χ3n) is 4.24. The van der Waals surface area contributed by atoms with Gasteiger partial charge in [0.2, 0.25) is 0 Å². The van der Waals surface area contributed by atoms with Crippen molar-refractivity contribution in [1.82, 2.24) is 5.43 Å². The Kier molecular flexibility index (Phi) is 5.48. The van der Waals surface area contributed by atoms with E-state index in [1.54, 1.807) is 18.2 Å². The number of carbonyl (C=O) groups excluding carboxylic acids is 1. The van der Waals surface area contributed by atoms with E-state index in [1.807, 2.05) is 19.1 Å². The average molecular weight is 404 g/mol. The van der Waals surface area contributed by atoms with Crippen LogP contribution in [0.3, 0.4) is 0 Å². The second-order valence-corrected chi connectivity index (χ2v) is 6.98. The first kappa shape index (κ1) is 17.6. The van der Waals surface area contributed by atoms with Crippen LogP contribution in [-0.4, -0.2) is 25.2 Å². The number of halogens is 2. The topological polar surface area (TPSA) is 44.7 Å². The standard InChI is InChI=1S/C19H19BrFN3O/c1-13-9-18(24-7-2-3-8-24)17(21)11-15(13)12-22-23-19(25)14-5-4-6-16(20)10-14/h4-6,9-12H,2-3,7-8H2,1H3,(H,23,25). The smallest absolute Gasteiger partial charge is 0.271 e. The Morgan fingerprint density at radius 2 is 2.04 bits per heavy atom. The summed E-state index contributed by atoms with van der Waals surface area (Å²) in [6, 6.07) is 10.3. The Labute approximate surface area is 154 Å². The van der Waals surface area contributed by atoms with E-state index in [2.05, 4.69) is 31.4 Å². The van der Waals surface area contributed by atoms with E-state index in [4.69, 9.17) is 0 Å². The van der Waals surface area contributed by atoms with Crippen molar-refractivity contribution in [2.45, 2.75) is 19.8 Å². The molecule has 0 aromatic heterocycles. The molecule has 0 radical (unpaired) electrons. The van der Waals surface area contributed by atoms with E-state index < -0.39 is 0 Å². The van der Waals surface area contributed by atoms with E-state index in [-0.39, 0.29) is 11.7 Å². The highest BCUT2D eigenvalue weighted by atomic mass is 79.9. The van der Waals surface area contributed by atoms with Gasteiger partial charge in [0.1, 0.15) is 5.82 Å². The second-order valence-electron chi connectivity index (χ2n) is 6.06. The number of nitrogens with zero attached hydrogens (tertiary/aromatic N) is 2. The van der Waals surface area contributed by atoms with Crippen LogP contribution in [0.15, 0.2) is 46.0 Å². The lowest BCUT2D eigenvalue weighted by molar-refractivity contribution is 0.0955. The summed E-state index contributed by atoms with van der Waals surface area (Å²) in [4.78, 5) is 14.1. The summed E-state index contributed by atoms with van der Waals surface area (Å²) in [6.45, 7) is 3.70. The molecule has 2 aromatic carbocycles. The van der Waals surface area contributed by atoms with E-state index in [1.165, 1.54) is 12.3 Å². The van der Waals surface area contributed by atoms with Crippen molar-refractivity contribution in [3.63, 3.8) is 0 Å². The maximum Gasteiger partial charge on any atom is 0.271 e. The molecule has 0 unspecified atom stereocenters. The van der Waals surface area contributed by atoms with Gasteiger partial charge in [0.25, 0.3) is 5.91 Å². The zero-order valence-corrected chi connectivity index (χ0v) is 15.5. The lowest BCUT2D eigenvalue weighted by atomic mass is 10.1. The molecule has 1 fully saturated rings. The molecule has 3 rings (SSSR count). The molecule has 0 aliphatic carbocycles. The van der Waals surface area contributed by atoms with Gasteiger partial charge in [-0.15, -0.1) is 0 Å². The number of rotatable bonds is 4. The van der Waals surface area contributed by atoms with E-state index in [0.29, 0.717) is 16.8 Å². The molecule has 0 spiro atoms. The minimum absolute atomic E-state index is 0.257. The van der Waals surface area contributed by atoms with Gasteiger partial charge in [0, 0.05) is 28.7 Å². The van der Waals surface area contributed by atoms with Crippen LogP contribution >= 0.6 is 15.9 Å². The first-order valence-electron chi connectivity index (χ1n) is 8.18. The predicted molar refractivity (Wildman–Crippen MR) is 102 cm³/mol. The van der Waals surface area contributed by atoms with Crippen LogP contribution in [0.25, 0.3) is 0 Å². The molecule has 6 heteroatoms. The Balaban J connectivity index is 1.71. The molecule has 1 amide bonds. The number of hydrazone groups is 1. The zero-order chi connectivity index (χ0) is 17.8. The zero-order valence-electron chi connectivity index (χ0n) is 13.9. The fourth-order valence-electron chi connectivity index (χ4n) is 2.88. The number of aryl methyl sites for hydroxylation is 1. The number of amides is 1. The SMILES string of the molecule is Cc1cc(N2CCCC2)c(F)cc1C=NNC(=O)c1cccc(Br)c1. The maximum absolute atomic E-state index is 14.4. The highest BCUT2D eigenvalue weighted by Crippen LogP contribution is 2.26. The van der Waals surface area contributed by atoms with Gasteiger partial charge in [-0.05, 0) is 55.7 Å². The number of carbonyl (C=O) groups is 1. The van der Waals surface area contributed by atoms with E-state index >= 15 is 0 Å². The van der Waals surface area contributed by atoms with E-state index in [0.717, 1.165) is 36.0 Å². The van der Waals surface area contributed by atoms with Gasteiger partial charge in [0.15, 0.2) is 0 Å². The summed E-state index contributed by atoms with van der Waals surface area (Å²) in [5, 5.41) is 3.96. The van der Waals surface area contributed by atoms with Gasteiger partial charge in [-0.3, -0.25) is 4.79 Å². The van der Waals surface area contributed by atoms with Crippen LogP contribution in [-0.2, 0) is 0 Å². The highest BCUT2D eigenvalue weighted by Gasteiger charge is 2.17. The fourth-order valence-corrected chi connectivity index (χ4v) is 3.28. The Bertz CT molecular complexity index is 816. The molecule has 0 bridgehead atoms. The quantitative estimate of drug-likeness (QED) is 0.612. The summed E-state index contributed by atoms with van der Waals surface area (Å²) in [5.74, 6) is -0.573. The first-order valence-corrected chi connectivity index (χ1v) is 8.98. The van der Waals surface area contributed by atoms with E-state index in [9.17, 15) is 9.18 Å². The van der Waals surface area contributed by atoms with Gasteiger partial charge in [-0.1, -0.05) is 22.0 Å². The molecule has 1 aliphatic rings. The second kappa shape index (κ2) is 7.78. The molecule has 1 heterocycles. The molecular formula is C19H19BrFN3O. The number of hydrogen-bond acceptors (Lipinski definition) is 3. The van der Waals surface area contributed by atoms with Crippen molar-refractivity contribution in [2.24, 2.45) is 5.10 Å². The highest BCUT2D eigenvalue weighted by molar-refractivity contribution is 9.10. The van der Waals surface area contributed by atoms with Crippen LogP contribution in [0.4, 0.5) is 10.1 Å². The third kappa shape index (κ3) is 4.25. The van der Waals surface area contributed by atoms with Crippen LogP contribution < -0.4 is 10.3 Å². The molecule has 2 aromatic rings. The van der Waals surface area contributed by atoms with Crippen molar-refractivity contribution in [3.05, 3.63) is 63.4 Å². The molecule has 1 saturated heterocycles. The van der Waals surface area contributed by atoms with Gasteiger partial charge in [0.05, 0.1) is 11.9 Å². The number of nitrogens with one attached hydrogen (secondary N) is 1. The Morgan fingerprint density at radius 3 is 2.76 bits per heavy atom. The van der Waals surface area contributed by atoms with Gasteiger partial charge in [-0.25, -0.2) is 9.82 Å². The Hall–Kier alpha value is -2.21. The fraction of sp³-hybridized carbons (Fsp3) is 0.263. The summed E-state index contributed by atoms with van der Waals surface area (Å²) < 4.78 is 15.2. The normalized spacial score (nSPS) is 14.3. The number of hydrogen-bond donors (Lipinski definition) is 1. The Morgan fingerprint density at radius 1 is 1.28 bits per heavy atom. The van der Waals surface area contributed by atoms with Crippen LogP contribution in [0, 0.1) is 12.7 Å². The van der Waals surface area contributed by atoms with Crippen molar-refractivity contribution < 1.29 is 9.18 Å². The van der Waals surface area contributed by atoms with Crippen molar-refractivity contribution in [1.29, 1.82) is 0 Å². The molecule has 0 atom stereocenters. The lowest BCUT2D eigenvalue weighted by Gasteiger charge is -2.19. The summed E-state index contributed by atoms with van der Waals surface area (Å²) in [6.07, 6.45) is 3.68. The van der Waals surface area contributed by atoms with Crippen molar-refractivity contribution >= 4 is 33.7 Å². The molecule has 4 nitrogen and oxygen atoms in total. The minimum atomic E-state index is -0.315. The van der Waals surface area contributed by atoms with Crippen LogP contribution in [0.1, 0.15) is 34.3 Å². The summed E-state index contributed by atoms with van der Waals surface area (Å²) in [5.41, 5.74) is 5.18. The van der Waals surface area contributed by atoms with Gasteiger partial charge in [-0.2, -0.15) is 5.10 Å². The minimum Gasteiger partial charge on any atom is -0.369 e. The van der Waals surface area contributed by atoms with Crippen LogP contribution in [0.5, 0.6) is 0 Å². The molecule has 0 saturated carbocycles. The third-order valence-corrected chi connectivity index (χ3v) is 4.73.